The van der Waals surface area contributed by atoms with Gasteiger partial charge >= 0.3 is 6.18 Å². The van der Waals surface area contributed by atoms with Crippen LogP contribution in [0.4, 0.5) is 13.2 Å². The van der Waals surface area contributed by atoms with Crippen molar-refractivity contribution in [1.82, 2.24) is 9.80 Å². The van der Waals surface area contributed by atoms with Crippen LogP contribution in [0.5, 0.6) is 5.75 Å². The van der Waals surface area contributed by atoms with Gasteiger partial charge in [-0.05, 0) is 67.7 Å². The van der Waals surface area contributed by atoms with E-state index in [2.05, 4.69) is 4.90 Å². The first-order valence-corrected chi connectivity index (χ1v) is 10.7. The van der Waals surface area contributed by atoms with Crippen molar-refractivity contribution < 1.29 is 22.7 Å². The third-order valence-corrected chi connectivity index (χ3v) is 6.40. The number of carbonyl (C=O) groups is 1. The maximum Gasteiger partial charge on any atom is 0.416 e. The summed E-state index contributed by atoms with van der Waals surface area (Å²) in [5, 5.41) is 0. The first-order valence-electron chi connectivity index (χ1n) is 10.7. The minimum absolute atomic E-state index is 0.0939. The molecule has 166 valence electrons. The lowest BCUT2D eigenvalue weighted by Gasteiger charge is -2.24. The van der Waals surface area contributed by atoms with Crippen LogP contribution in [0, 0.1) is 5.92 Å². The zero-order valence-electron chi connectivity index (χ0n) is 17.6. The number of amides is 1. The summed E-state index contributed by atoms with van der Waals surface area (Å²) in [4.78, 5) is 17.3. The van der Waals surface area contributed by atoms with E-state index < -0.39 is 11.7 Å². The van der Waals surface area contributed by atoms with Crippen LogP contribution in [0.1, 0.15) is 40.2 Å². The number of ether oxygens (including phenoxy) is 1. The van der Waals surface area contributed by atoms with Gasteiger partial charge in [0.25, 0.3) is 5.91 Å². The molecule has 0 radical (unpaired) electrons. The van der Waals surface area contributed by atoms with Gasteiger partial charge < -0.3 is 14.5 Å². The minimum atomic E-state index is -4.38. The summed E-state index contributed by atoms with van der Waals surface area (Å²) in [7, 11) is 1.57. The van der Waals surface area contributed by atoms with Crippen molar-refractivity contribution >= 4 is 5.91 Å². The van der Waals surface area contributed by atoms with E-state index in [0.717, 1.165) is 38.5 Å². The fraction of sp³-hybridized carbons (Fsp3) is 0.458. The highest BCUT2D eigenvalue weighted by Gasteiger charge is 2.39. The van der Waals surface area contributed by atoms with Crippen molar-refractivity contribution in [2.45, 2.75) is 24.9 Å². The largest absolute Gasteiger partial charge is 0.497 e. The van der Waals surface area contributed by atoms with E-state index in [9.17, 15) is 18.0 Å². The maximum atomic E-state index is 13.3. The quantitative estimate of drug-likeness (QED) is 0.689. The van der Waals surface area contributed by atoms with Crippen LogP contribution in [0.15, 0.2) is 48.5 Å². The van der Waals surface area contributed by atoms with Gasteiger partial charge in [-0.3, -0.25) is 4.79 Å². The molecule has 2 aliphatic heterocycles. The average molecular weight is 432 g/mol. The first kappa shape index (κ1) is 21.7. The Morgan fingerprint density at radius 1 is 1.06 bits per heavy atom. The smallest absolute Gasteiger partial charge is 0.416 e. The molecule has 2 saturated heterocycles. The van der Waals surface area contributed by atoms with E-state index in [4.69, 9.17) is 4.74 Å². The number of nitrogens with zero attached hydrogens (tertiary/aromatic N) is 2. The molecule has 0 N–H and O–H groups in total. The lowest BCUT2D eigenvalue weighted by atomic mass is 9.87. The summed E-state index contributed by atoms with van der Waals surface area (Å²) in [5.74, 6) is 0.559. The van der Waals surface area contributed by atoms with Crippen LogP contribution < -0.4 is 4.74 Å². The number of alkyl halides is 3. The molecule has 2 aromatic rings. The molecular weight excluding hydrogens is 405 g/mol. The zero-order valence-corrected chi connectivity index (χ0v) is 17.6. The summed E-state index contributed by atoms with van der Waals surface area (Å²) in [6.07, 6.45) is -2.08. The molecule has 2 heterocycles. The van der Waals surface area contributed by atoms with E-state index >= 15 is 0 Å². The van der Waals surface area contributed by atoms with Crippen molar-refractivity contribution in [1.29, 1.82) is 0 Å². The highest BCUT2D eigenvalue weighted by atomic mass is 19.4. The normalized spacial score (nSPS) is 22.1. The fourth-order valence-corrected chi connectivity index (χ4v) is 4.76. The van der Waals surface area contributed by atoms with E-state index in [1.54, 1.807) is 42.3 Å². The molecule has 2 aliphatic rings. The highest BCUT2D eigenvalue weighted by molar-refractivity contribution is 5.94. The van der Waals surface area contributed by atoms with Gasteiger partial charge in [-0.2, -0.15) is 13.2 Å². The van der Waals surface area contributed by atoms with Crippen LogP contribution in [0.25, 0.3) is 0 Å². The Morgan fingerprint density at radius 3 is 2.42 bits per heavy atom. The number of benzene rings is 2. The number of hydrogen-bond donors (Lipinski definition) is 0. The van der Waals surface area contributed by atoms with Gasteiger partial charge in [-0.1, -0.05) is 18.2 Å². The molecule has 0 unspecified atom stereocenters. The number of halogens is 3. The van der Waals surface area contributed by atoms with Crippen LogP contribution in [0.2, 0.25) is 0 Å². The molecule has 0 aliphatic carbocycles. The minimum Gasteiger partial charge on any atom is -0.497 e. The lowest BCUT2D eigenvalue weighted by Crippen LogP contribution is -2.32. The van der Waals surface area contributed by atoms with Gasteiger partial charge in [-0.25, -0.2) is 0 Å². The second-order valence-corrected chi connectivity index (χ2v) is 8.44. The molecule has 0 aromatic heterocycles. The van der Waals surface area contributed by atoms with Gasteiger partial charge in [0.1, 0.15) is 5.75 Å². The zero-order chi connectivity index (χ0) is 22.0. The Balaban J connectivity index is 1.58. The predicted octanol–water partition coefficient (Wildman–Crippen LogP) is 4.67. The fourth-order valence-electron chi connectivity index (χ4n) is 4.76. The van der Waals surface area contributed by atoms with Crippen LogP contribution >= 0.6 is 0 Å². The van der Waals surface area contributed by atoms with Crippen molar-refractivity contribution in [2.24, 2.45) is 5.92 Å². The molecule has 4 nitrogen and oxygen atoms in total. The Hall–Kier alpha value is -2.54. The molecular formula is C24H27F3N2O2. The van der Waals surface area contributed by atoms with Gasteiger partial charge in [0.2, 0.25) is 0 Å². The van der Waals surface area contributed by atoms with Gasteiger partial charge in [0, 0.05) is 31.1 Å². The second kappa shape index (κ2) is 8.91. The standard InChI is InChI=1S/C24H27F3N2O2/c1-31-21-9-7-17(8-10-21)23(30)29-15-19(14-28-11-2-3-12-28)22(16-29)18-5-4-6-20(13-18)24(25,26)27/h4-10,13,19,22H,2-3,11-12,14-16H2,1H3/t19-,22-/m1/s1. The molecule has 7 heteroatoms. The molecule has 1 amide bonds. The Morgan fingerprint density at radius 2 is 1.77 bits per heavy atom. The molecule has 0 spiro atoms. The van der Waals surface area contributed by atoms with Crippen molar-refractivity contribution in [2.75, 3.05) is 39.8 Å². The highest BCUT2D eigenvalue weighted by Crippen LogP contribution is 2.37. The second-order valence-electron chi connectivity index (χ2n) is 8.44. The number of carbonyl (C=O) groups excluding carboxylic acids is 1. The Labute approximate surface area is 180 Å². The Kier molecular flexibility index (Phi) is 6.23. The van der Waals surface area contributed by atoms with Gasteiger partial charge in [0.05, 0.1) is 12.7 Å². The summed E-state index contributed by atoms with van der Waals surface area (Å²) in [6.45, 7) is 3.79. The van der Waals surface area contributed by atoms with Gasteiger partial charge in [-0.15, -0.1) is 0 Å². The van der Waals surface area contributed by atoms with Crippen LogP contribution in [-0.2, 0) is 6.18 Å². The lowest BCUT2D eigenvalue weighted by molar-refractivity contribution is -0.137. The molecule has 31 heavy (non-hydrogen) atoms. The van der Waals surface area contributed by atoms with E-state index in [1.807, 2.05) is 0 Å². The monoisotopic (exact) mass is 432 g/mol. The molecule has 2 atom stereocenters. The van der Waals surface area contributed by atoms with E-state index in [1.165, 1.54) is 12.1 Å². The maximum absolute atomic E-state index is 13.3. The first-order chi connectivity index (χ1) is 14.8. The van der Waals surface area contributed by atoms with Crippen LogP contribution in [-0.4, -0.2) is 55.5 Å². The average Bonchev–Trinajstić information content (AvgIpc) is 3.43. The van der Waals surface area contributed by atoms with Crippen molar-refractivity contribution in [3.05, 3.63) is 65.2 Å². The topological polar surface area (TPSA) is 32.8 Å². The summed E-state index contributed by atoms with van der Waals surface area (Å²) < 4.78 is 45.0. The third-order valence-electron chi connectivity index (χ3n) is 6.40. The van der Waals surface area contributed by atoms with E-state index in [-0.39, 0.29) is 17.7 Å². The molecule has 4 rings (SSSR count). The summed E-state index contributed by atoms with van der Waals surface area (Å²) in [5.41, 5.74) is 0.583. The Bertz CT molecular complexity index is 908. The van der Waals surface area contributed by atoms with Gasteiger partial charge in [0.15, 0.2) is 0 Å². The number of rotatable bonds is 5. The predicted molar refractivity (Wildman–Crippen MR) is 112 cm³/mol. The van der Waals surface area contributed by atoms with Crippen molar-refractivity contribution in [3.63, 3.8) is 0 Å². The molecule has 0 bridgehead atoms. The van der Waals surface area contributed by atoms with Crippen molar-refractivity contribution in [3.8, 4) is 5.75 Å². The summed E-state index contributed by atoms with van der Waals surface area (Å²) >= 11 is 0. The van der Waals surface area contributed by atoms with E-state index in [0.29, 0.717) is 30.0 Å². The number of hydrogen-bond acceptors (Lipinski definition) is 3. The SMILES string of the molecule is COc1ccc(C(=O)N2C[C@@H](CN3CCCC3)[C@@H](c3cccc(C(F)(F)F)c3)C2)cc1. The summed E-state index contributed by atoms with van der Waals surface area (Å²) in [6, 6.07) is 12.5. The molecule has 0 saturated carbocycles. The third kappa shape index (κ3) is 4.87. The van der Waals surface area contributed by atoms with Crippen LogP contribution in [0.3, 0.4) is 0 Å². The molecule has 2 fully saturated rings. The number of methoxy groups -OCH3 is 1. The molecule has 2 aromatic carbocycles. The number of likely N-dealkylation sites (tertiary alicyclic amines) is 2.